The van der Waals surface area contributed by atoms with Gasteiger partial charge in [-0.3, -0.25) is 4.79 Å². The van der Waals surface area contributed by atoms with Crippen LogP contribution in [0.15, 0.2) is 47.4 Å². The van der Waals surface area contributed by atoms with E-state index in [4.69, 9.17) is 4.74 Å². The fourth-order valence-electron chi connectivity index (χ4n) is 4.26. The third-order valence-corrected chi connectivity index (χ3v) is 8.03. The van der Waals surface area contributed by atoms with Crippen molar-refractivity contribution < 1.29 is 17.9 Å². The first-order chi connectivity index (χ1) is 15.4. The molecule has 2 aromatic rings. The minimum Gasteiger partial charge on any atom is -0.496 e. The van der Waals surface area contributed by atoms with Crippen molar-refractivity contribution in [3.8, 4) is 5.75 Å². The maximum absolute atomic E-state index is 13.1. The first-order valence-corrected chi connectivity index (χ1v) is 12.8. The molecule has 6 nitrogen and oxygen atoms in total. The van der Waals surface area contributed by atoms with E-state index in [-0.39, 0.29) is 23.3 Å². The van der Waals surface area contributed by atoms with Crippen molar-refractivity contribution in [3.63, 3.8) is 0 Å². The van der Waals surface area contributed by atoms with Crippen LogP contribution in [0.25, 0.3) is 0 Å². The van der Waals surface area contributed by atoms with Crippen LogP contribution in [0.2, 0.25) is 0 Å². The van der Waals surface area contributed by atoms with Gasteiger partial charge in [0.05, 0.1) is 18.0 Å². The fourth-order valence-corrected chi connectivity index (χ4v) is 5.83. The van der Waals surface area contributed by atoms with E-state index in [1.807, 2.05) is 31.2 Å². The lowest BCUT2D eigenvalue weighted by atomic mass is 9.99. The van der Waals surface area contributed by atoms with Crippen molar-refractivity contribution in [2.75, 3.05) is 20.2 Å². The van der Waals surface area contributed by atoms with Crippen LogP contribution in [-0.2, 0) is 21.2 Å². The zero-order valence-corrected chi connectivity index (χ0v) is 20.1. The monoisotopic (exact) mass is 458 g/mol. The molecule has 1 fully saturated rings. The average Bonchev–Trinajstić information content (AvgIpc) is 2.82. The van der Waals surface area contributed by atoms with Crippen LogP contribution in [-0.4, -0.2) is 38.8 Å². The minimum absolute atomic E-state index is 0.0450. The summed E-state index contributed by atoms with van der Waals surface area (Å²) in [4.78, 5) is 13.0. The molecule has 1 saturated heterocycles. The van der Waals surface area contributed by atoms with Crippen molar-refractivity contribution in [2.24, 2.45) is 0 Å². The molecule has 0 radical (unpaired) electrons. The van der Waals surface area contributed by atoms with E-state index in [0.717, 1.165) is 42.4 Å². The number of piperidine rings is 1. The highest BCUT2D eigenvalue weighted by molar-refractivity contribution is 7.89. The lowest BCUT2D eigenvalue weighted by Crippen LogP contribution is -2.35. The number of hydrogen-bond acceptors (Lipinski definition) is 4. The molecule has 0 saturated carbocycles. The molecule has 1 atom stereocenters. The third kappa shape index (κ3) is 5.70. The van der Waals surface area contributed by atoms with Gasteiger partial charge in [0.15, 0.2) is 0 Å². The van der Waals surface area contributed by atoms with Crippen LogP contribution in [0, 0.1) is 6.92 Å². The number of carbonyl (C=O) groups excluding carboxylic acids is 1. The summed E-state index contributed by atoms with van der Waals surface area (Å²) in [6, 6.07) is 13.0. The van der Waals surface area contributed by atoms with Gasteiger partial charge < -0.3 is 10.1 Å². The van der Waals surface area contributed by atoms with E-state index < -0.39 is 10.0 Å². The van der Waals surface area contributed by atoms with Crippen LogP contribution >= 0.6 is 0 Å². The zero-order valence-electron chi connectivity index (χ0n) is 19.3. The highest BCUT2D eigenvalue weighted by Gasteiger charge is 2.26. The Morgan fingerprint density at radius 2 is 1.84 bits per heavy atom. The Morgan fingerprint density at radius 1 is 1.12 bits per heavy atom. The van der Waals surface area contributed by atoms with Gasteiger partial charge in [-0.15, -0.1) is 0 Å². The third-order valence-electron chi connectivity index (χ3n) is 6.13. The number of hydrogen-bond donors (Lipinski definition) is 1. The molecule has 7 heteroatoms. The van der Waals surface area contributed by atoms with Crippen molar-refractivity contribution in [2.45, 2.75) is 63.3 Å². The van der Waals surface area contributed by atoms with Gasteiger partial charge in [0, 0.05) is 19.5 Å². The molecule has 3 rings (SSSR count). The summed E-state index contributed by atoms with van der Waals surface area (Å²) < 4.78 is 33.1. The second-order valence-electron chi connectivity index (χ2n) is 8.32. The first kappa shape index (κ1) is 24.3. The summed E-state index contributed by atoms with van der Waals surface area (Å²) in [5.41, 5.74) is 3.00. The van der Waals surface area contributed by atoms with Gasteiger partial charge in [0.2, 0.25) is 15.9 Å². The summed E-state index contributed by atoms with van der Waals surface area (Å²) in [6.07, 6.45) is 4.30. The predicted octanol–water partition coefficient (Wildman–Crippen LogP) is 4.38. The van der Waals surface area contributed by atoms with Gasteiger partial charge in [-0.2, -0.15) is 4.31 Å². The number of rotatable bonds is 9. The largest absolute Gasteiger partial charge is 0.496 e. The fraction of sp³-hybridized carbons (Fsp3) is 0.480. The molecule has 1 amide bonds. The van der Waals surface area contributed by atoms with Crippen LogP contribution in [0.4, 0.5) is 0 Å². The number of aryl methyl sites for hydroxylation is 2. The Hall–Kier alpha value is -2.38. The van der Waals surface area contributed by atoms with E-state index in [0.29, 0.717) is 25.3 Å². The quantitative estimate of drug-likeness (QED) is 0.605. The van der Waals surface area contributed by atoms with Crippen molar-refractivity contribution in [3.05, 3.63) is 59.2 Å². The van der Waals surface area contributed by atoms with Gasteiger partial charge in [0.25, 0.3) is 0 Å². The van der Waals surface area contributed by atoms with E-state index in [1.165, 1.54) is 0 Å². The van der Waals surface area contributed by atoms with Crippen molar-refractivity contribution in [1.82, 2.24) is 9.62 Å². The van der Waals surface area contributed by atoms with Crippen molar-refractivity contribution in [1.29, 1.82) is 0 Å². The second-order valence-corrected chi connectivity index (χ2v) is 10.3. The van der Waals surface area contributed by atoms with Crippen molar-refractivity contribution >= 4 is 15.9 Å². The van der Waals surface area contributed by atoms with Crippen LogP contribution in [0.3, 0.4) is 0 Å². The number of amides is 1. The standard InChI is InChI=1S/C25H34N2O4S/c1-4-23(22-11-7-6-10-19(22)2)26-25(28)15-12-20-18-21(13-14-24(20)31-3)32(29,30)27-16-8-5-9-17-27/h6-7,10-11,13-14,18,23H,4-5,8-9,12,15-17H2,1-3H3,(H,26,28)/t23-/m1/s1. The smallest absolute Gasteiger partial charge is 0.243 e. The number of benzene rings is 2. The Balaban J connectivity index is 1.71. The normalized spacial score (nSPS) is 15.8. The number of methoxy groups -OCH3 is 1. The Kier molecular flexibility index (Phi) is 8.32. The van der Waals surface area contributed by atoms with Gasteiger partial charge in [-0.05, 0) is 67.5 Å². The Labute approximate surface area is 192 Å². The zero-order chi connectivity index (χ0) is 23.1. The van der Waals surface area contributed by atoms with Gasteiger partial charge in [-0.25, -0.2) is 8.42 Å². The summed E-state index contributed by atoms with van der Waals surface area (Å²) in [5.74, 6) is 0.535. The van der Waals surface area contributed by atoms with E-state index in [1.54, 1.807) is 29.6 Å². The molecule has 1 aliphatic heterocycles. The van der Waals surface area contributed by atoms with Gasteiger partial charge >= 0.3 is 0 Å². The second kappa shape index (κ2) is 11.0. The van der Waals surface area contributed by atoms with Crippen LogP contribution < -0.4 is 10.1 Å². The summed E-state index contributed by atoms with van der Waals surface area (Å²) >= 11 is 0. The lowest BCUT2D eigenvalue weighted by Gasteiger charge is -2.26. The summed E-state index contributed by atoms with van der Waals surface area (Å²) in [6.45, 7) is 5.21. The highest BCUT2D eigenvalue weighted by atomic mass is 32.2. The molecule has 32 heavy (non-hydrogen) atoms. The number of nitrogens with one attached hydrogen (secondary N) is 1. The predicted molar refractivity (Wildman–Crippen MR) is 126 cm³/mol. The molecular weight excluding hydrogens is 424 g/mol. The van der Waals surface area contributed by atoms with E-state index >= 15 is 0 Å². The average molecular weight is 459 g/mol. The molecule has 2 aromatic carbocycles. The molecule has 0 unspecified atom stereocenters. The first-order valence-electron chi connectivity index (χ1n) is 11.4. The van der Waals surface area contributed by atoms with E-state index in [2.05, 4.69) is 12.2 Å². The number of ether oxygens (including phenoxy) is 1. The number of carbonyl (C=O) groups is 1. The SMILES string of the molecule is CC[C@@H](NC(=O)CCc1cc(S(=O)(=O)N2CCCCC2)ccc1OC)c1ccccc1C. The highest BCUT2D eigenvalue weighted by Crippen LogP contribution is 2.27. The summed E-state index contributed by atoms with van der Waals surface area (Å²) in [7, 11) is -1.98. The van der Waals surface area contributed by atoms with Crippen LogP contribution in [0.5, 0.6) is 5.75 Å². The molecule has 174 valence electrons. The van der Waals surface area contributed by atoms with Gasteiger partial charge in [-0.1, -0.05) is 37.6 Å². The number of nitrogens with zero attached hydrogens (tertiary/aromatic N) is 1. The maximum Gasteiger partial charge on any atom is 0.243 e. The molecular formula is C25H34N2O4S. The Morgan fingerprint density at radius 3 is 2.50 bits per heavy atom. The molecule has 0 bridgehead atoms. The molecule has 0 aliphatic carbocycles. The molecule has 1 aliphatic rings. The molecule has 0 spiro atoms. The number of sulfonamides is 1. The Bertz CT molecular complexity index is 1030. The topological polar surface area (TPSA) is 75.7 Å². The maximum atomic E-state index is 13.1. The van der Waals surface area contributed by atoms with E-state index in [9.17, 15) is 13.2 Å². The molecule has 1 heterocycles. The molecule has 0 aromatic heterocycles. The van der Waals surface area contributed by atoms with Crippen LogP contribution in [0.1, 0.15) is 61.8 Å². The summed E-state index contributed by atoms with van der Waals surface area (Å²) in [5, 5.41) is 3.12. The van der Waals surface area contributed by atoms with Gasteiger partial charge in [0.1, 0.15) is 5.75 Å². The molecule has 1 N–H and O–H groups in total. The minimum atomic E-state index is -3.53. The lowest BCUT2D eigenvalue weighted by molar-refractivity contribution is -0.121.